The molecule has 2 N–H and O–H groups in total. The molecule has 0 radical (unpaired) electrons. The molecule has 1 aromatic heterocycles. The van der Waals surface area contributed by atoms with Crippen LogP contribution in [0.1, 0.15) is 23.6 Å². The summed E-state index contributed by atoms with van der Waals surface area (Å²) in [5, 5.41) is 2.88. The van der Waals surface area contributed by atoms with Gasteiger partial charge in [0.05, 0.1) is 0 Å². The summed E-state index contributed by atoms with van der Waals surface area (Å²) in [7, 11) is 0. The number of amides is 1. The quantitative estimate of drug-likeness (QED) is 0.874. The van der Waals surface area contributed by atoms with Gasteiger partial charge in [-0.1, -0.05) is 6.07 Å². The molecule has 0 unspecified atom stereocenters. The van der Waals surface area contributed by atoms with Crippen LogP contribution in [0.4, 0.5) is 8.78 Å². The number of nitrogens with one attached hydrogen (secondary N) is 2. The molecule has 1 aromatic carbocycles. The molecule has 3 nitrogen and oxygen atoms in total. The van der Waals surface area contributed by atoms with Crippen molar-refractivity contribution in [2.45, 2.75) is 18.8 Å². The molecule has 2 atom stereocenters. The fourth-order valence-corrected chi connectivity index (χ4v) is 2.57. The Morgan fingerprint density at radius 2 is 2.14 bits per heavy atom. The maximum absolute atomic E-state index is 13.2. The summed E-state index contributed by atoms with van der Waals surface area (Å²) in [6.07, 6.45) is 3.29. The number of H-pyrrole nitrogens is 1. The molecule has 0 spiro atoms. The Labute approximate surface area is 121 Å². The minimum atomic E-state index is -0.856. The molecule has 2 aromatic rings. The average Bonchev–Trinajstić information content (AvgIpc) is 3.11. The molecule has 0 bridgehead atoms. The Morgan fingerprint density at radius 1 is 1.29 bits per heavy atom. The van der Waals surface area contributed by atoms with Crippen molar-refractivity contribution in [3.8, 4) is 0 Å². The first-order valence-electron chi connectivity index (χ1n) is 7.00. The number of aromatic nitrogens is 1. The Bertz CT molecular complexity index is 640. The number of carbonyl (C=O) groups is 1. The second-order valence-corrected chi connectivity index (χ2v) is 5.36. The van der Waals surface area contributed by atoms with Gasteiger partial charge in [0.2, 0.25) is 5.91 Å². The van der Waals surface area contributed by atoms with E-state index in [0.29, 0.717) is 18.5 Å². The van der Waals surface area contributed by atoms with Crippen LogP contribution in [-0.2, 0) is 11.2 Å². The van der Waals surface area contributed by atoms with Crippen molar-refractivity contribution in [3.05, 3.63) is 59.4 Å². The number of aromatic amines is 1. The maximum atomic E-state index is 13.2. The van der Waals surface area contributed by atoms with E-state index in [1.165, 1.54) is 6.07 Å². The Morgan fingerprint density at radius 3 is 2.86 bits per heavy atom. The van der Waals surface area contributed by atoms with E-state index in [1.807, 2.05) is 18.3 Å². The molecule has 1 fully saturated rings. The summed E-state index contributed by atoms with van der Waals surface area (Å²) in [6, 6.07) is 7.73. The van der Waals surface area contributed by atoms with Crippen LogP contribution in [0.2, 0.25) is 0 Å². The number of hydrogen-bond acceptors (Lipinski definition) is 1. The highest BCUT2D eigenvalue weighted by Gasteiger charge is 2.43. The fourth-order valence-electron chi connectivity index (χ4n) is 2.57. The minimum Gasteiger partial charge on any atom is -0.365 e. The molecule has 110 valence electrons. The fraction of sp³-hybridized carbons (Fsp3) is 0.312. The van der Waals surface area contributed by atoms with Gasteiger partial charge < -0.3 is 10.3 Å². The van der Waals surface area contributed by atoms with Crippen molar-refractivity contribution in [2.24, 2.45) is 5.92 Å². The van der Waals surface area contributed by atoms with Gasteiger partial charge in [-0.2, -0.15) is 0 Å². The summed E-state index contributed by atoms with van der Waals surface area (Å²) in [6.45, 7) is 0.570. The lowest BCUT2D eigenvalue weighted by atomic mass is 10.1. The van der Waals surface area contributed by atoms with E-state index in [0.717, 1.165) is 18.2 Å². The van der Waals surface area contributed by atoms with Crippen LogP contribution in [0.5, 0.6) is 0 Å². The molecule has 1 heterocycles. The molecular weight excluding hydrogens is 274 g/mol. The van der Waals surface area contributed by atoms with Gasteiger partial charge >= 0.3 is 0 Å². The SMILES string of the molecule is O=C(NCCc1ccc[nH]1)[C@H]1C[C@H]1c1ccc(F)c(F)c1. The third-order valence-corrected chi connectivity index (χ3v) is 3.85. The molecular formula is C16H16F2N2O. The van der Waals surface area contributed by atoms with Gasteiger partial charge in [0, 0.05) is 30.8 Å². The van der Waals surface area contributed by atoms with Crippen molar-refractivity contribution >= 4 is 5.91 Å². The zero-order chi connectivity index (χ0) is 14.8. The number of rotatable bonds is 5. The summed E-state index contributed by atoms with van der Waals surface area (Å²) in [4.78, 5) is 15.1. The Kier molecular flexibility index (Phi) is 3.73. The first kappa shape index (κ1) is 13.8. The van der Waals surface area contributed by atoms with Crippen molar-refractivity contribution in [2.75, 3.05) is 6.54 Å². The minimum absolute atomic E-state index is 0.00517. The van der Waals surface area contributed by atoms with Gasteiger partial charge in [0.1, 0.15) is 0 Å². The summed E-state index contributed by atoms with van der Waals surface area (Å²) in [5.41, 5.74) is 1.77. The van der Waals surface area contributed by atoms with Gasteiger partial charge in [-0.3, -0.25) is 4.79 Å². The summed E-state index contributed by atoms with van der Waals surface area (Å²) in [5.74, 6) is -1.85. The van der Waals surface area contributed by atoms with Crippen LogP contribution in [0.15, 0.2) is 36.5 Å². The van der Waals surface area contributed by atoms with Gasteiger partial charge in [-0.15, -0.1) is 0 Å². The molecule has 0 aliphatic heterocycles. The van der Waals surface area contributed by atoms with Gasteiger partial charge in [-0.05, 0) is 42.2 Å². The Hall–Kier alpha value is -2.17. The lowest BCUT2D eigenvalue weighted by Crippen LogP contribution is -2.27. The second-order valence-electron chi connectivity index (χ2n) is 5.36. The highest BCUT2D eigenvalue weighted by molar-refractivity contribution is 5.82. The highest BCUT2D eigenvalue weighted by atomic mass is 19.2. The predicted octanol–water partition coefficient (Wildman–Crippen LogP) is 2.76. The van der Waals surface area contributed by atoms with Crippen LogP contribution in [0.25, 0.3) is 0 Å². The standard InChI is InChI=1S/C16H16F2N2O/c17-14-4-3-10(8-15(14)18)12-9-13(12)16(21)20-7-5-11-2-1-6-19-11/h1-4,6,8,12-13,19H,5,7,9H2,(H,20,21)/t12-,13-/m0/s1. The van der Waals surface area contributed by atoms with E-state index in [-0.39, 0.29) is 17.7 Å². The van der Waals surface area contributed by atoms with Crippen LogP contribution in [0.3, 0.4) is 0 Å². The number of benzene rings is 1. The van der Waals surface area contributed by atoms with E-state index in [2.05, 4.69) is 10.3 Å². The third kappa shape index (κ3) is 3.12. The predicted molar refractivity (Wildman–Crippen MR) is 74.7 cm³/mol. The van der Waals surface area contributed by atoms with E-state index in [4.69, 9.17) is 0 Å². The number of halogens is 2. The van der Waals surface area contributed by atoms with E-state index < -0.39 is 11.6 Å². The first-order chi connectivity index (χ1) is 10.1. The van der Waals surface area contributed by atoms with Crippen LogP contribution >= 0.6 is 0 Å². The normalized spacial score (nSPS) is 20.3. The Balaban J connectivity index is 1.50. The second kappa shape index (κ2) is 5.68. The molecule has 1 saturated carbocycles. The first-order valence-corrected chi connectivity index (χ1v) is 7.00. The smallest absolute Gasteiger partial charge is 0.223 e. The van der Waals surface area contributed by atoms with Crippen molar-refractivity contribution in [1.29, 1.82) is 0 Å². The highest BCUT2D eigenvalue weighted by Crippen LogP contribution is 2.47. The van der Waals surface area contributed by atoms with Crippen molar-refractivity contribution < 1.29 is 13.6 Å². The lowest BCUT2D eigenvalue weighted by molar-refractivity contribution is -0.122. The topological polar surface area (TPSA) is 44.9 Å². The van der Waals surface area contributed by atoms with E-state index >= 15 is 0 Å². The molecule has 1 aliphatic rings. The van der Waals surface area contributed by atoms with Crippen molar-refractivity contribution in [1.82, 2.24) is 10.3 Å². The third-order valence-electron chi connectivity index (χ3n) is 3.85. The monoisotopic (exact) mass is 290 g/mol. The molecule has 0 saturated heterocycles. The van der Waals surface area contributed by atoms with Crippen molar-refractivity contribution in [3.63, 3.8) is 0 Å². The molecule has 1 amide bonds. The van der Waals surface area contributed by atoms with Crippen LogP contribution < -0.4 is 5.32 Å². The number of hydrogen-bond donors (Lipinski definition) is 2. The average molecular weight is 290 g/mol. The zero-order valence-electron chi connectivity index (χ0n) is 11.4. The van der Waals surface area contributed by atoms with Gasteiger partial charge in [0.25, 0.3) is 0 Å². The molecule has 5 heteroatoms. The van der Waals surface area contributed by atoms with Gasteiger partial charge in [-0.25, -0.2) is 8.78 Å². The zero-order valence-corrected chi connectivity index (χ0v) is 11.4. The summed E-state index contributed by atoms with van der Waals surface area (Å²) >= 11 is 0. The van der Waals surface area contributed by atoms with Crippen LogP contribution in [-0.4, -0.2) is 17.4 Å². The summed E-state index contributed by atoms with van der Waals surface area (Å²) < 4.78 is 26.1. The molecule has 1 aliphatic carbocycles. The van der Waals surface area contributed by atoms with E-state index in [1.54, 1.807) is 6.07 Å². The number of carbonyl (C=O) groups excluding carboxylic acids is 1. The largest absolute Gasteiger partial charge is 0.365 e. The molecule has 3 rings (SSSR count). The van der Waals surface area contributed by atoms with Gasteiger partial charge in [0.15, 0.2) is 11.6 Å². The molecule has 21 heavy (non-hydrogen) atoms. The maximum Gasteiger partial charge on any atom is 0.223 e. The van der Waals surface area contributed by atoms with Crippen LogP contribution in [0, 0.1) is 17.6 Å². The lowest BCUT2D eigenvalue weighted by Gasteiger charge is -2.05. The van der Waals surface area contributed by atoms with E-state index in [9.17, 15) is 13.6 Å².